The van der Waals surface area contributed by atoms with E-state index in [1.807, 2.05) is 19.9 Å². The Kier molecular flexibility index (Phi) is 10.4. The van der Waals surface area contributed by atoms with Crippen LogP contribution in [0.4, 0.5) is 5.69 Å². The number of hydrogen-bond acceptors (Lipinski definition) is 5. The third-order valence-electron chi connectivity index (χ3n) is 5.54. The van der Waals surface area contributed by atoms with Crippen LogP contribution in [0.3, 0.4) is 0 Å². The van der Waals surface area contributed by atoms with Crippen LogP contribution in [0.25, 0.3) is 0 Å². The third kappa shape index (κ3) is 7.86. The van der Waals surface area contributed by atoms with Crippen molar-refractivity contribution in [1.82, 2.24) is 10.2 Å². The van der Waals surface area contributed by atoms with Gasteiger partial charge in [-0.05, 0) is 55.2 Å². The van der Waals surface area contributed by atoms with Crippen molar-refractivity contribution in [2.45, 2.75) is 46.2 Å². The van der Waals surface area contributed by atoms with Gasteiger partial charge in [0.2, 0.25) is 21.8 Å². The van der Waals surface area contributed by atoms with Gasteiger partial charge in [-0.3, -0.25) is 13.9 Å². The van der Waals surface area contributed by atoms with E-state index in [9.17, 15) is 18.0 Å². The maximum atomic E-state index is 13.7. The second-order valence-corrected chi connectivity index (χ2v) is 10.6. The van der Waals surface area contributed by atoms with Crippen molar-refractivity contribution in [3.63, 3.8) is 0 Å². The van der Waals surface area contributed by atoms with E-state index in [0.29, 0.717) is 35.0 Å². The van der Waals surface area contributed by atoms with Crippen LogP contribution >= 0.6 is 11.6 Å². The van der Waals surface area contributed by atoms with Gasteiger partial charge in [0, 0.05) is 18.1 Å². The standard InChI is InChI=1S/C25H34ClN3O5S/c1-6-13-27-25(31)22(7-2)28(16-19-9-8-10-21(14-19)34-4)24(30)17-29(35(5,32)33)23-15-20(26)12-11-18(23)3/h8-12,14-15,22H,6-7,13,16-17H2,1-5H3,(H,27,31)/t22-/m0/s1. The van der Waals surface area contributed by atoms with Gasteiger partial charge in [0.1, 0.15) is 18.3 Å². The first-order valence-corrected chi connectivity index (χ1v) is 13.7. The molecule has 0 heterocycles. The predicted octanol–water partition coefficient (Wildman–Crippen LogP) is 3.76. The van der Waals surface area contributed by atoms with Crippen molar-refractivity contribution in [3.05, 3.63) is 58.6 Å². The summed E-state index contributed by atoms with van der Waals surface area (Å²) >= 11 is 6.13. The number of nitrogens with one attached hydrogen (secondary N) is 1. The number of sulfonamides is 1. The van der Waals surface area contributed by atoms with E-state index < -0.39 is 28.5 Å². The van der Waals surface area contributed by atoms with E-state index in [1.165, 1.54) is 11.0 Å². The lowest BCUT2D eigenvalue weighted by molar-refractivity contribution is -0.140. The van der Waals surface area contributed by atoms with Crippen molar-refractivity contribution < 1.29 is 22.7 Å². The summed E-state index contributed by atoms with van der Waals surface area (Å²) in [5.74, 6) is -0.169. The first-order valence-electron chi connectivity index (χ1n) is 11.5. The summed E-state index contributed by atoms with van der Waals surface area (Å²) in [6.07, 6.45) is 2.15. The Bertz CT molecular complexity index is 1140. The van der Waals surface area contributed by atoms with Gasteiger partial charge in [-0.2, -0.15) is 0 Å². The first-order chi connectivity index (χ1) is 16.5. The van der Waals surface area contributed by atoms with E-state index in [2.05, 4.69) is 5.32 Å². The monoisotopic (exact) mass is 523 g/mol. The number of hydrogen-bond donors (Lipinski definition) is 1. The Morgan fingerprint density at radius 2 is 1.86 bits per heavy atom. The number of nitrogens with zero attached hydrogens (tertiary/aromatic N) is 2. The summed E-state index contributed by atoms with van der Waals surface area (Å²) in [5, 5.41) is 3.20. The number of anilines is 1. The molecule has 0 bridgehead atoms. The minimum absolute atomic E-state index is 0.111. The van der Waals surface area contributed by atoms with Gasteiger partial charge in [0.05, 0.1) is 19.1 Å². The molecule has 0 radical (unpaired) electrons. The van der Waals surface area contributed by atoms with Gasteiger partial charge >= 0.3 is 0 Å². The number of carbonyl (C=O) groups is 2. The van der Waals surface area contributed by atoms with Crippen molar-refractivity contribution in [2.24, 2.45) is 0 Å². The zero-order valence-electron chi connectivity index (χ0n) is 20.9. The first kappa shape index (κ1) is 28.5. The molecule has 8 nitrogen and oxygen atoms in total. The molecular weight excluding hydrogens is 490 g/mol. The van der Waals surface area contributed by atoms with Gasteiger partial charge in [0.25, 0.3) is 0 Å². The van der Waals surface area contributed by atoms with E-state index in [0.717, 1.165) is 22.5 Å². The predicted molar refractivity (Wildman–Crippen MR) is 139 cm³/mol. The average Bonchev–Trinajstić information content (AvgIpc) is 2.81. The SMILES string of the molecule is CCCNC(=O)[C@H](CC)N(Cc1cccc(OC)c1)C(=O)CN(c1cc(Cl)ccc1C)S(C)(=O)=O. The quantitative estimate of drug-likeness (QED) is 0.457. The summed E-state index contributed by atoms with van der Waals surface area (Å²) in [5.41, 5.74) is 1.72. The summed E-state index contributed by atoms with van der Waals surface area (Å²) in [4.78, 5) is 28.1. The summed E-state index contributed by atoms with van der Waals surface area (Å²) in [7, 11) is -2.28. The molecule has 0 aliphatic rings. The maximum Gasteiger partial charge on any atom is 0.244 e. The van der Waals surface area contributed by atoms with E-state index in [4.69, 9.17) is 16.3 Å². The highest BCUT2D eigenvalue weighted by Crippen LogP contribution is 2.27. The number of halogens is 1. The Hall–Kier alpha value is -2.78. The molecule has 0 spiro atoms. The van der Waals surface area contributed by atoms with E-state index >= 15 is 0 Å². The number of rotatable bonds is 12. The van der Waals surface area contributed by atoms with E-state index in [1.54, 1.807) is 44.4 Å². The van der Waals surface area contributed by atoms with E-state index in [-0.39, 0.29) is 12.5 Å². The second kappa shape index (κ2) is 12.8. The van der Waals surface area contributed by atoms with Gasteiger partial charge < -0.3 is 15.0 Å². The van der Waals surface area contributed by atoms with Gasteiger partial charge in [-0.1, -0.05) is 43.6 Å². The molecule has 0 aliphatic heterocycles. The topological polar surface area (TPSA) is 96.0 Å². The molecule has 2 aromatic rings. The lowest BCUT2D eigenvalue weighted by Gasteiger charge is -2.33. The highest BCUT2D eigenvalue weighted by molar-refractivity contribution is 7.92. The normalized spacial score (nSPS) is 12.1. The van der Waals surface area contributed by atoms with Crippen LogP contribution in [0.5, 0.6) is 5.75 Å². The number of aryl methyl sites for hydroxylation is 1. The van der Waals surface area contributed by atoms with Crippen LogP contribution < -0.4 is 14.4 Å². The average molecular weight is 524 g/mol. The molecule has 0 saturated heterocycles. The fourth-order valence-corrected chi connectivity index (χ4v) is 4.76. The lowest BCUT2D eigenvalue weighted by atomic mass is 10.1. The Balaban J connectivity index is 2.48. The number of amides is 2. The molecule has 0 saturated carbocycles. The molecule has 2 amide bonds. The van der Waals surface area contributed by atoms with Gasteiger partial charge in [0.15, 0.2) is 0 Å². The number of carbonyl (C=O) groups excluding carboxylic acids is 2. The highest BCUT2D eigenvalue weighted by atomic mass is 35.5. The largest absolute Gasteiger partial charge is 0.497 e. The molecule has 1 N–H and O–H groups in total. The smallest absolute Gasteiger partial charge is 0.244 e. The van der Waals surface area contributed by atoms with Crippen molar-refractivity contribution in [3.8, 4) is 5.75 Å². The van der Waals surface area contributed by atoms with Gasteiger partial charge in [-0.25, -0.2) is 8.42 Å². The van der Waals surface area contributed by atoms with Crippen LogP contribution in [0.2, 0.25) is 5.02 Å². The molecule has 0 fully saturated rings. The van der Waals surface area contributed by atoms with Crippen LogP contribution in [-0.2, 0) is 26.2 Å². The zero-order chi connectivity index (χ0) is 26.2. The van der Waals surface area contributed by atoms with Crippen molar-refractivity contribution in [2.75, 3.05) is 30.8 Å². The molecule has 0 aromatic heterocycles. The minimum atomic E-state index is -3.83. The lowest BCUT2D eigenvalue weighted by Crippen LogP contribution is -2.52. The Labute approximate surface area is 213 Å². The summed E-state index contributed by atoms with van der Waals surface area (Å²) in [6, 6.07) is 11.3. The highest BCUT2D eigenvalue weighted by Gasteiger charge is 2.32. The molecular formula is C25H34ClN3O5S. The Morgan fingerprint density at radius 3 is 2.46 bits per heavy atom. The second-order valence-electron chi connectivity index (χ2n) is 8.29. The van der Waals surface area contributed by atoms with Crippen LogP contribution in [-0.4, -0.2) is 57.6 Å². The van der Waals surface area contributed by atoms with Crippen molar-refractivity contribution in [1.29, 1.82) is 0 Å². The molecule has 1 atom stereocenters. The number of methoxy groups -OCH3 is 1. The summed E-state index contributed by atoms with van der Waals surface area (Å²) in [6.45, 7) is 5.63. The molecule has 192 valence electrons. The minimum Gasteiger partial charge on any atom is -0.497 e. The Morgan fingerprint density at radius 1 is 1.14 bits per heavy atom. The van der Waals surface area contributed by atoms with Gasteiger partial charge in [-0.15, -0.1) is 0 Å². The van der Waals surface area contributed by atoms with Crippen LogP contribution in [0, 0.1) is 6.92 Å². The fraction of sp³-hybridized carbons (Fsp3) is 0.440. The van der Waals surface area contributed by atoms with Crippen LogP contribution in [0.1, 0.15) is 37.8 Å². The molecule has 0 aliphatic carbocycles. The molecule has 2 rings (SSSR count). The number of ether oxygens (including phenoxy) is 1. The fourth-order valence-electron chi connectivity index (χ4n) is 3.70. The third-order valence-corrected chi connectivity index (χ3v) is 6.90. The zero-order valence-corrected chi connectivity index (χ0v) is 22.4. The molecule has 0 unspecified atom stereocenters. The summed E-state index contributed by atoms with van der Waals surface area (Å²) < 4.78 is 31.8. The van der Waals surface area contributed by atoms with Crippen LogP contribution in [0.15, 0.2) is 42.5 Å². The maximum absolute atomic E-state index is 13.7. The number of benzene rings is 2. The molecule has 2 aromatic carbocycles. The van der Waals surface area contributed by atoms with Crippen molar-refractivity contribution >= 4 is 39.1 Å². The molecule has 10 heteroatoms. The molecule has 35 heavy (non-hydrogen) atoms.